The largest absolute Gasteiger partial charge is 0.300 e. The molecule has 0 spiro atoms. The van der Waals surface area contributed by atoms with Gasteiger partial charge in [0, 0.05) is 25.1 Å². The van der Waals surface area contributed by atoms with Crippen LogP contribution in [0.15, 0.2) is 173 Å². The molecule has 3 unspecified atom stereocenters. The number of aliphatic imine (C=N–C) groups is 1. The first-order chi connectivity index (χ1) is 23.0. The third kappa shape index (κ3) is 8.63. The molecule has 2 aliphatic rings. The summed E-state index contributed by atoms with van der Waals surface area (Å²) >= 11 is 0. The van der Waals surface area contributed by atoms with Gasteiger partial charge in [-0.2, -0.15) is 0 Å². The molecule has 3 aromatic rings. The first-order valence-corrected chi connectivity index (χ1v) is 16.8. The Labute approximate surface area is 282 Å². The van der Waals surface area contributed by atoms with Crippen molar-refractivity contribution in [3.8, 4) is 0 Å². The van der Waals surface area contributed by atoms with Crippen LogP contribution in [0.1, 0.15) is 48.1 Å². The SMILES string of the molecule is C=CC1C=CC(C2=CCC(C=NC)C=C2)=C\C1=C(C(/C=C\C)=C/c1ccccc1)\c1ccccc1CC(C)/C=C\c1ccccc1C. The van der Waals surface area contributed by atoms with Gasteiger partial charge in [0.1, 0.15) is 0 Å². The average molecular weight is 614 g/mol. The van der Waals surface area contributed by atoms with Gasteiger partial charge in [-0.25, -0.2) is 0 Å². The summed E-state index contributed by atoms with van der Waals surface area (Å²) in [6, 6.07) is 28.2. The number of benzene rings is 3. The van der Waals surface area contributed by atoms with Crippen LogP contribution in [0, 0.1) is 24.7 Å². The van der Waals surface area contributed by atoms with Crippen molar-refractivity contribution in [3.63, 3.8) is 0 Å². The molecule has 0 fully saturated rings. The Morgan fingerprint density at radius 3 is 2.40 bits per heavy atom. The normalized spacial score (nSPS) is 20.1. The summed E-state index contributed by atoms with van der Waals surface area (Å²) < 4.78 is 0. The van der Waals surface area contributed by atoms with E-state index in [1.165, 1.54) is 55.7 Å². The van der Waals surface area contributed by atoms with Gasteiger partial charge in [-0.3, -0.25) is 0 Å². The van der Waals surface area contributed by atoms with Crippen molar-refractivity contribution in [3.05, 3.63) is 196 Å². The van der Waals surface area contributed by atoms with Crippen LogP contribution in [-0.4, -0.2) is 13.3 Å². The lowest BCUT2D eigenvalue weighted by Crippen LogP contribution is -2.09. The molecule has 0 radical (unpaired) electrons. The molecule has 47 heavy (non-hydrogen) atoms. The van der Waals surface area contributed by atoms with Crippen LogP contribution < -0.4 is 0 Å². The summed E-state index contributed by atoms with van der Waals surface area (Å²) in [5.74, 6) is 0.792. The van der Waals surface area contributed by atoms with Gasteiger partial charge in [0.05, 0.1) is 0 Å². The molecule has 1 heteroatoms. The van der Waals surface area contributed by atoms with Crippen LogP contribution in [0.5, 0.6) is 0 Å². The van der Waals surface area contributed by atoms with Gasteiger partial charge in [0.25, 0.3) is 0 Å². The highest BCUT2D eigenvalue weighted by Crippen LogP contribution is 2.40. The van der Waals surface area contributed by atoms with Gasteiger partial charge >= 0.3 is 0 Å². The third-order valence-corrected chi connectivity index (χ3v) is 8.88. The van der Waals surface area contributed by atoms with Crippen molar-refractivity contribution < 1.29 is 0 Å². The lowest BCUT2D eigenvalue weighted by molar-refractivity contribution is 0.725. The quantitative estimate of drug-likeness (QED) is 0.116. The average Bonchev–Trinajstić information content (AvgIpc) is 3.10. The predicted octanol–water partition coefficient (Wildman–Crippen LogP) is 11.8. The fourth-order valence-corrected chi connectivity index (χ4v) is 6.39. The number of rotatable bonds is 11. The molecule has 0 heterocycles. The number of aryl methyl sites for hydroxylation is 1. The van der Waals surface area contributed by atoms with Gasteiger partial charge in [0.2, 0.25) is 0 Å². The number of hydrogen-bond donors (Lipinski definition) is 0. The molecule has 0 amide bonds. The zero-order chi connectivity index (χ0) is 33.0. The first-order valence-electron chi connectivity index (χ1n) is 16.8. The Balaban J connectivity index is 1.66. The first kappa shape index (κ1) is 33.4. The molecule has 3 atom stereocenters. The van der Waals surface area contributed by atoms with E-state index in [4.69, 9.17) is 0 Å². The number of allylic oxidation sites excluding steroid dienone is 15. The van der Waals surface area contributed by atoms with Crippen LogP contribution in [0.3, 0.4) is 0 Å². The minimum absolute atomic E-state index is 0.0813. The molecule has 1 nitrogen and oxygen atoms in total. The van der Waals surface area contributed by atoms with E-state index in [2.05, 4.69) is 184 Å². The molecular formula is C46H47N. The smallest absolute Gasteiger partial charge is 0.0273 e. The van der Waals surface area contributed by atoms with Crippen LogP contribution in [0.4, 0.5) is 0 Å². The zero-order valence-electron chi connectivity index (χ0n) is 28.3. The van der Waals surface area contributed by atoms with E-state index in [9.17, 15) is 0 Å². The van der Waals surface area contributed by atoms with E-state index in [1.807, 2.05) is 13.3 Å². The summed E-state index contributed by atoms with van der Waals surface area (Å²) in [4.78, 5) is 4.25. The Kier molecular flexibility index (Phi) is 11.7. The highest BCUT2D eigenvalue weighted by atomic mass is 14.6. The Bertz CT molecular complexity index is 1830. The number of hydrogen-bond acceptors (Lipinski definition) is 1. The molecule has 3 aromatic carbocycles. The van der Waals surface area contributed by atoms with E-state index in [-0.39, 0.29) is 5.92 Å². The lowest BCUT2D eigenvalue weighted by atomic mass is 9.78. The molecule has 236 valence electrons. The molecule has 0 bridgehead atoms. The Morgan fingerprint density at radius 1 is 0.936 bits per heavy atom. The van der Waals surface area contributed by atoms with E-state index in [1.54, 1.807) is 0 Å². The highest BCUT2D eigenvalue weighted by Gasteiger charge is 2.23. The van der Waals surface area contributed by atoms with Crippen molar-refractivity contribution >= 4 is 23.9 Å². The van der Waals surface area contributed by atoms with Crippen molar-refractivity contribution in [1.82, 2.24) is 0 Å². The molecule has 0 N–H and O–H groups in total. The maximum Gasteiger partial charge on any atom is 0.0273 e. The predicted molar refractivity (Wildman–Crippen MR) is 206 cm³/mol. The monoisotopic (exact) mass is 613 g/mol. The minimum Gasteiger partial charge on any atom is -0.300 e. The molecule has 2 aliphatic carbocycles. The summed E-state index contributed by atoms with van der Waals surface area (Å²) in [5, 5.41) is 0. The zero-order valence-corrected chi connectivity index (χ0v) is 28.3. The molecule has 0 saturated heterocycles. The standard InChI is InChI=1S/C46H47N/c1-6-15-43(31-36-17-9-8-10-18-36)46(45-32-41(29-28-38(45)7-2)40-26-23-37(24-27-40)33-47-5)44-21-14-13-20-42(44)30-34(3)22-25-39-19-12-11-16-35(39)4/h6-23,25-29,31-34,37-38H,2,24,30H2,1,3-5H3/b15-6-,25-22-,43-31+,46-45-,47-33?. The molecule has 5 rings (SSSR count). The highest BCUT2D eigenvalue weighted by molar-refractivity contribution is 5.92. The van der Waals surface area contributed by atoms with Gasteiger partial charge in [-0.15, -0.1) is 6.58 Å². The van der Waals surface area contributed by atoms with Gasteiger partial charge < -0.3 is 4.99 Å². The fraction of sp³-hybridized carbons (Fsp3) is 0.196. The van der Waals surface area contributed by atoms with Crippen LogP contribution in [-0.2, 0) is 6.42 Å². The maximum absolute atomic E-state index is 4.29. The second-order valence-corrected chi connectivity index (χ2v) is 12.4. The van der Waals surface area contributed by atoms with Crippen molar-refractivity contribution in [2.45, 2.75) is 33.6 Å². The van der Waals surface area contributed by atoms with E-state index < -0.39 is 0 Å². The molecular weight excluding hydrogens is 567 g/mol. The maximum atomic E-state index is 4.29. The second kappa shape index (κ2) is 16.5. The summed E-state index contributed by atoms with van der Waals surface area (Å²) in [6.07, 6.45) is 31.2. The fourth-order valence-electron chi connectivity index (χ4n) is 6.39. The van der Waals surface area contributed by atoms with Crippen LogP contribution in [0.25, 0.3) is 17.7 Å². The molecule has 0 aromatic heterocycles. The van der Waals surface area contributed by atoms with Gasteiger partial charge in [0.15, 0.2) is 0 Å². The van der Waals surface area contributed by atoms with Crippen molar-refractivity contribution in [1.29, 1.82) is 0 Å². The molecule has 0 saturated carbocycles. The Morgan fingerprint density at radius 2 is 1.68 bits per heavy atom. The van der Waals surface area contributed by atoms with Crippen molar-refractivity contribution in [2.75, 3.05) is 7.05 Å². The van der Waals surface area contributed by atoms with Crippen LogP contribution in [0.2, 0.25) is 0 Å². The van der Waals surface area contributed by atoms with E-state index >= 15 is 0 Å². The number of nitrogens with zero attached hydrogens (tertiary/aromatic N) is 1. The van der Waals surface area contributed by atoms with E-state index in [0.717, 1.165) is 12.8 Å². The summed E-state index contributed by atoms with van der Waals surface area (Å²) in [5.41, 5.74) is 12.5. The summed E-state index contributed by atoms with van der Waals surface area (Å²) in [7, 11) is 1.85. The lowest BCUT2D eigenvalue weighted by Gasteiger charge is -2.25. The molecule has 0 aliphatic heterocycles. The minimum atomic E-state index is 0.0813. The third-order valence-electron chi connectivity index (χ3n) is 8.88. The van der Waals surface area contributed by atoms with Gasteiger partial charge in [-0.05, 0) is 100 Å². The topological polar surface area (TPSA) is 12.4 Å². The second-order valence-electron chi connectivity index (χ2n) is 12.4. The van der Waals surface area contributed by atoms with E-state index in [0.29, 0.717) is 11.8 Å². The van der Waals surface area contributed by atoms with Gasteiger partial charge in [-0.1, -0.05) is 147 Å². The Hall–Kier alpha value is -5.01. The summed E-state index contributed by atoms with van der Waals surface area (Å²) in [6.45, 7) is 10.9. The van der Waals surface area contributed by atoms with Crippen LogP contribution >= 0.6 is 0 Å². The van der Waals surface area contributed by atoms with Crippen molar-refractivity contribution in [2.24, 2.45) is 22.7 Å².